The van der Waals surface area contributed by atoms with E-state index in [1.54, 1.807) is 6.26 Å². The molecule has 1 aliphatic carbocycles. The molecule has 0 amide bonds. The Bertz CT molecular complexity index is 1320. The van der Waals surface area contributed by atoms with Crippen molar-refractivity contribution in [1.82, 2.24) is 30.1 Å². The van der Waals surface area contributed by atoms with Crippen molar-refractivity contribution in [2.45, 2.75) is 78.0 Å². The van der Waals surface area contributed by atoms with E-state index in [-0.39, 0.29) is 17.5 Å². The standard InChI is InChI=1S/C27H34N6O2/c1-18(2)25(26-29-30-31-33(26)17-23-10-7-13-35-23)32(22-8-5-4-6-9-22)16-21-15-20-12-11-19(3)14-24(20)28-27(21)34/h7,10-15,18,22,25H,4-6,8-9,16-17H2,1-3H3,(H,28,34)/t25-/m1/s1. The molecule has 1 aliphatic rings. The van der Waals surface area contributed by atoms with E-state index in [2.05, 4.69) is 51.4 Å². The van der Waals surface area contributed by atoms with Crippen LogP contribution in [0.4, 0.5) is 0 Å². The molecular formula is C27H34N6O2. The predicted octanol–water partition coefficient (Wildman–Crippen LogP) is 5.00. The highest BCUT2D eigenvalue weighted by Gasteiger charge is 2.35. The summed E-state index contributed by atoms with van der Waals surface area (Å²) in [6.45, 7) is 7.49. The topological polar surface area (TPSA) is 92.8 Å². The number of fused-ring (bicyclic) bond motifs is 1. The van der Waals surface area contributed by atoms with Crippen LogP contribution in [0.5, 0.6) is 0 Å². The number of hydrogen-bond donors (Lipinski definition) is 1. The van der Waals surface area contributed by atoms with Gasteiger partial charge < -0.3 is 9.40 Å². The Balaban J connectivity index is 1.54. The van der Waals surface area contributed by atoms with Crippen LogP contribution < -0.4 is 5.56 Å². The Morgan fingerprint density at radius 1 is 1.17 bits per heavy atom. The molecule has 184 valence electrons. The molecular weight excluding hydrogens is 440 g/mol. The van der Waals surface area contributed by atoms with Crippen molar-refractivity contribution in [3.8, 4) is 0 Å². The molecule has 8 nitrogen and oxygen atoms in total. The second-order valence-corrected chi connectivity index (χ2v) is 10.1. The van der Waals surface area contributed by atoms with Crippen LogP contribution in [-0.4, -0.2) is 36.1 Å². The first-order chi connectivity index (χ1) is 17.0. The van der Waals surface area contributed by atoms with Crippen LogP contribution >= 0.6 is 0 Å². The van der Waals surface area contributed by atoms with Gasteiger partial charge in [0, 0.05) is 23.7 Å². The predicted molar refractivity (Wildman–Crippen MR) is 135 cm³/mol. The second kappa shape index (κ2) is 10.2. The SMILES string of the molecule is Cc1ccc2cc(CN(C3CCCCC3)[C@@H](c3nnnn3Cc3ccco3)C(C)C)c(=O)[nH]c2c1. The summed E-state index contributed by atoms with van der Waals surface area (Å²) in [5.74, 6) is 1.88. The van der Waals surface area contributed by atoms with E-state index >= 15 is 0 Å². The Morgan fingerprint density at radius 2 is 2.00 bits per heavy atom. The van der Waals surface area contributed by atoms with Crippen LogP contribution in [0.25, 0.3) is 10.9 Å². The van der Waals surface area contributed by atoms with E-state index in [0.717, 1.165) is 46.5 Å². The number of H-pyrrole nitrogens is 1. The minimum atomic E-state index is -0.0313. The van der Waals surface area contributed by atoms with Crippen molar-refractivity contribution >= 4 is 10.9 Å². The van der Waals surface area contributed by atoms with Crippen molar-refractivity contribution in [3.05, 3.63) is 75.7 Å². The number of furan rings is 1. The number of aromatic amines is 1. The van der Waals surface area contributed by atoms with Gasteiger partial charge in [-0.1, -0.05) is 45.2 Å². The second-order valence-electron chi connectivity index (χ2n) is 10.1. The molecule has 0 bridgehead atoms. The van der Waals surface area contributed by atoms with Gasteiger partial charge in [0.15, 0.2) is 5.82 Å². The lowest BCUT2D eigenvalue weighted by atomic mass is 9.90. The summed E-state index contributed by atoms with van der Waals surface area (Å²) in [4.78, 5) is 18.8. The molecule has 0 radical (unpaired) electrons. The largest absolute Gasteiger partial charge is 0.467 e. The van der Waals surface area contributed by atoms with E-state index in [4.69, 9.17) is 4.42 Å². The van der Waals surface area contributed by atoms with E-state index in [1.807, 2.05) is 35.9 Å². The summed E-state index contributed by atoms with van der Waals surface area (Å²) >= 11 is 0. The van der Waals surface area contributed by atoms with Gasteiger partial charge in [0.1, 0.15) is 12.3 Å². The number of hydrogen-bond acceptors (Lipinski definition) is 6. The van der Waals surface area contributed by atoms with Crippen molar-refractivity contribution in [1.29, 1.82) is 0 Å². The Labute approximate surface area is 205 Å². The molecule has 4 aromatic rings. The lowest BCUT2D eigenvalue weighted by Gasteiger charge is -2.41. The van der Waals surface area contributed by atoms with E-state index in [9.17, 15) is 4.79 Å². The first kappa shape index (κ1) is 23.5. The first-order valence-corrected chi connectivity index (χ1v) is 12.7. The van der Waals surface area contributed by atoms with E-state index in [1.165, 1.54) is 19.3 Å². The fourth-order valence-corrected chi connectivity index (χ4v) is 5.46. The van der Waals surface area contributed by atoms with Gasteiger partial charge in [-0.15, -0.1) is 5.10 Å². The average molecular weight is 475 g/mol. The zero-order chi connectivity index (χ0) is 24.4. The molecule has 1 N–H and O–H groups in total. The molecule has 8 heteroatoms. The van der Waals surface area contributed by atoms with Crippen molar-refractivity contribution in [2.24, 2.45) is 5.92 Å². The maximum absolute atomic E-state index is 13.2. The zero-order valence-electron chi connectivity index (χ0n) is 20.8. The van der Waals surface area contributed by atoms with Gasteiger partial charge in [0.05, 0.1) is 12.3 Å². The molecule has 0 spiro atoms. The average Bonchev–Trinajstić information content (AvgIpc) is 3.52. The van der Waals surface area contributed by atoms with Gasteiger partial charge >= 0.3 is 0 Å². The normalized spacial score (nSPS) is 15.9. The monoisotopic (exact) mass is 474 g/mol. The minimum Gasteiger partial charge on any atom is -0.467 e. The Hall–Kier alpha value is -3.26. The van der Waals surface area contributed by atoms with Crippen molar-refractivity contribution in [3.63, 3.8) is 0 Å². The Kier molecular flexibility index (Phi) is 6.81. The third-order valence-electron chi connectivity index (χ3n) is 7.17. The number of aryl methyl sites for hydroxylation is 1. The van der Waals surface area contributed by atoms with Crippen LogP contribution in [0.2, 0.25) is 0 Å². The smallest absolute Gasteiger partial charge is 0.252 e. The van der Waals surface area contributed by atoms with Gasteiger partial charge in [0.2, 0.25) is 0 Å². The number of rotatable bonds is 8. The number of nitrogens with zero attached hydrogens (tertiary/aromatic N) is 5. The molecule has 0 saturated heterocycles. The number of aromatic nitrogens is 5. The molecule has 1 aromatic carbocycles. The summed E-state index contributed by atoms with van der Waals surface area (Å²) in [6.07, 6.45) is 7.58. The van der Waals surface area contributed by atoms with Gasteiger partial charge in [-0.2, -0.15) is 0 Å². The summed E-state index contributed by atoms with van der Waals surface area (Å²) in [7, 11) is 0. The molecule has 3 aromatic heterocycles. The zero-order valence-corrected chi connectivity index (χ0v) is 20.8. The number of pyridine rings is 1. The maximum atomic E-state index is 13.2. The molecule has 1 saturated carbocycles. The highest BCUT2D eigenvalue weighted by atomic mass is 16.3. The molecule has 35 heavy (non-hydrogen) atoms. The van der Waals surface area contributed by atoms with Crippen LogP contribution in [0, 0.1) is 12.8 Å². The summed E-state index contributed by atoms with van der Waals surface area (Å²) in [5.41, 5.74) is 2.77. The van der Waals surface area contributed by atoms with E-state index < -0.39 is 0 Å². The number of tetrazole rings is 1. The van der Waals surface area contributed by atoms with Crippen molar-refractivity contribution in [2.75, 3.05) is 0 Å². The summed E-state index contributed by atoms with van der Waals surface area (Å²) < 4.78 is 7.40. The fourth-order valence-electron chi connectivity index (χ4n) is 5.46. The number of benzene rings is 1. The quantitative estimate of drug-likeness (QED) is 0.386. The van der Waals surface area contributed by atoms with Crippen LogP contribution in [-0.2, 0) is 13.1 Å². The third-order valence-corrected chi connectivity index (χ3v) is 7.17. The van der Waals surface area contributed by atoms with Gasteiger partial charge in [-0.3, -0.25) is 9.69 Å². The van der Waals surface area contributed by atoms with Gasteiger partial charge in [0.25, 0.3) is 5.56 Å². The van der Waals surface area contributed by atoms with E-state index in [0.29, 0.717) is 19.1 Å². The fraction of sp³-hybridized carbons (Fsp3) is 0.481. The summed E-state index contributed by atoms with van der Waals surface area (Å²) in [6, 6.07) is 12.4. The molecule has 1 atom stereocenters. The maximum Gasteiger partial charge on any atom is 0.252 e. The lowest BCUT2D eigenvalue weighted by Crippen LogP contribution is -2.43. The van der Waals surface area contributed by atoms with Gasteiger partial charge in [-0.25, -0.2) is 4.68 Å². The highest BCUT2D eigenvalue weighted by molar-refractivity contribution is 5.79. The van der Waals surface area contributed by atoms with Crippen LogP contribution in [0.3, 0.4) is 0 Å². The molecule has 1 fully saturated rings. The molecule has 0 unspecified atom stereocenters. The van der Waals surface area contributed by atoms with Gasteiger partial charge in [-0.05, 0) is 71.3 Å². The Morgan fingerprint density at radius 3 is 2.74 bits per heavy atom. The number of nitrogens with one attached hydrogen (secondary N) is 1. The minimum absolute atomic E-state index is 0.0263. The molecule has 3 heterocycles. The molecule has 5 rings (SSSR count). The van der Waals surface area contributed by atoms with Crippen molar-refractivity contribution < 1.29 is 4.42 Å². The highest BCUT2D eigenvalue weighted by Crippen LogP contribution is 2.35. The first-order valence-electron chi connectivity index (χ1n) is 12.7. The lowest BCUT2D eigenvalue weighted by molar-refractivity contribution is 0.0610. The van der Waals surface area contributed by atoms with Crippen LogP contribution in [0.15, 0.2) is 51.9 Å². The third kappa shape index (κ3) is 5.07. The summed E-state index contributed by atoms with van der Waals surface area (Å²) in [5, 5.41) is 13.9. The van der Waals surface area contributed by atoms with Crippen LogP contribution in [0.1, 0.15) is 74.7 Å². The molecule has 0 aliphatic heterocycles.